The van der Waals surface area contributed by atoms with Crippen LogP contribution in [-0.4, -0.2) is 36.1 Å². The van der Waals surface area contributed by atoms with E-state index in [-0.39, 0.29) is 0 Å². The first-order valence-electron chi connectivity index (χ1n) is 9.46. The van der Waals surface area contributed by atoms with Gasteiger partial charge in [-0.25, -0.2) is 0 Å². The highest BCUT2D eigenvalue weighted by Crippen LogP contribution is 2.34. The van der Waals surface area contributed by atoms with Gasteiger partial charge in [0.2, 0.25) is 0 Å². The quantitative estimate of drug-likeness (QED) is 0.824. The normalized spacial score (nSPS) is 30.0. The fourth-order valence-corrected chi connectivity index (χ4v) is 4.51. The summed E-state index contributed by atoms with van der Waals surface area (Å²) >= 11 is 0. The number of rotatable bonds is 4. The first kappa shape index (κ1) is 17.3. The molecule has 2 fully saturated rings. The smallest absolute Gasteiger partial charge is 0.0252 e. The third-order valence-electron chi connectivity index (χ3n) is 6.04. The van der Waals surface area contributed by atoms with Crippen LogP contribution in [0.5, 0.6) is 0 Å². The minimum Gasteiger partial charge on any atom is -0.311 e. The van der Waals surface area contributed by atoms with Crippen LogP contribution in [0.15, 0.2) is 0 Å². The summed E-state index contributed by atoms with van der Waals surface area (Å²) in [7, 11) is 0. The van der Waals surface area contributed by atoms with Gasteiger partial charge in [-0.15, -0.1) is 0 Å². The molecule has 0 aromatic rings. The summed E-state index contributed by atoms with van der Waals surface area (Å²) < 4.78 is 0. The Balaban J connectivity index is 2.11. The molecule has 21 heavy (non-hydrogen) atoms. The number of hydrogen-bond acceptors (Lipinski definition) is 2. The van der Waals surface area contributed by atoms with Crippen molar-refractivity contribution in [3.05, 3.63) is 0 Å². The van der Waals surface area contributed by atoms with Crippen LogP contribution in [0.25, 0.3) is 0 Å². The van der Waals surface area contributed by atoms with Crippen molar-refractivity contribution in [3.63, 3.8) is 0 Å². The van der Waals surface area contributed by atoms with E-state index in [9.17, 15) is 0 Å². The Morgan fingerprint density at radius 3 is 2.19 bits per heavy atom. The molecule has 1 saturated carbocycles. The molecule has 0 spiro atoms. The third kappa shape index (κ3) is 4.22. The maximum absolute atomic E-state index is 3.90. The number of hydrogen-bond donors (Lipinski definition) is 1. The van der Waals surface area contributed by atoms with Gasteiger partial charge in [0.1, 0.15) is 0 Å². The molecular weight excluding hydrogens is 256 g/mol. The molecule has 1 N–H and O–H groups in total. The molecule has 0 amide bonds. The van der Waals surface area contributed by atoms with E-state index >= 15 is 0 Å². The Hall–Kier alpha value is -0.0800. The van der Waals surface area contributed by atoms with Crippen LogP contribution in [0.3, 0.4) is 0 Å². The molecule has 0 radical (unpaired) electrons. The Morgan fingerprint density at radius 1 is 1.05 bits per heavy atom. The Labute approximate surface area is 133 Å². The van der Waals surface area contributed by atoms with Crippen molar-refractivity contribution >= 4 is 0 Å². The second kappa shape index (κ2) is 7.46. The first-order valence-corrected chi connectivity index (χ1v) is 9.46. The summed E-state index contributed by atoms with van der Waals surface area (Å²) in [6, 6.07) is 2.20. The van der Waals surface area contributed by atoms with Crippen molar-refractivity contribution in [2.75, 3.05) is 13.1 Å². The van der Waals surface area contributed by atoms with Crippen LogP contribution in [0.2, 0.25) is 0 Å². The van der Waals surface area contributed by atoms with E-state index in [1.165, 1.54) is 58.0 Å². The maximum Gasteiger partial charge on any atom is 0.0252 e. The van der Waals surface area contributed by atoms with Crippen LogP contribution in [0.1, 0.15) is 79.6 Å². The zero-order valence-corrected chi connectivity index (χ0v) is 15.1. The predicted molar refractivity (Wildman–Crippen MR) is 92.7 cm³/mol. The third-order valence-corrected chi connectivity index (χ3v) is 6.04. The maximum atomic E-state index is 3.90. The molecule has 2 heteroatoms. The van der Waals surface area contributed by atoms with Crippen molar-refractivity contribution in [2.45, 2.75) is 97.7 Å². The van der Waals surface area contributed by atoms with E-state index in [1.54, 1.807) is 0 Å². The Bertz CT molecular complexity index is 297. The van der Waals surface area contributed by atoms with E-state index < -0.39 is 0 Å². The molecule has 2 atom stereocenters. The topological polar surface area (TPSA) is 15.3 Å². The molecule has 1 heterocycles. The molecule has 1 saturated heterocycles. The highest BCUT2D eigenvalue weighted by Gasteiger charge is 2.39. The van der Waals surface area contributed by atoms with Gasteiger partial charge in [-0.2, -0.15) is 0 Å². The fraction of sp³-hybridized carbons (Fsp3) is 1.00. The van der Waals surface area contributed by atoms with Crippen LogP contribution >= 0.6 is 0 Å². The van der Waals surface area contributed by atoms with Crippen molar-refractivity contribution in [3.8, 4) is 0 Å². The fourth-order valence-electron chi connectivity index (χ4n) is 4.51. The molecule has 1 aliphatic carbocycles. The Morgan fingerprint density at radius 2 is 1.67 bits per heavy atom. The van der Waals surface area contributed by atoms with E-state index in [4.69, 9.17) is 0 Å². The van der Waals surface area contributed by atoms with Gasteiger partial charge in [0.05, 0.1) is 0 Å². The van der Waals surface area contributed by atoms with Gasteiger partial charge in [-0.05, 0) is 37.0 Å². The van der Waals surface area contributed by atoms with Gasteiger partial charge < -0.3 is 5.32 Å². The molecule has 0 aromatic heterocycles. The number of piperazine rings is 1. The minimum atomic E-state index is 0.363. The zero-order valence-electron chi connectivity index (χ0n) is 15.1. The molecule has 1 aliphatic heterocycles. The standard InChI is InChI=1S/C19H38N2/c1-6-16(7-2)21-14-18(19(3,4)5)20-13-17(21)15-11-9-8-10-12-15/h15-18,20H,6-14H2,1-5H3. The van der Waals surface area contributed by atoms with E-state index in [0.717, 1.165) is 18.0 Å². The second-order valence-electron chi connectivity index (χ2n) is 8.46. The van der Waals surface area contributed by atoms with Crippen LogP contribution in [0, 0.1) is 11.3 Å². The lowest BCUT2D eigenvalue weighted by atomic mass is 9.78. The monoisotopic (exact) mass is 294 g/mol. The highest BCUT2D eigenvalue weighted by atomic mass is 15.3. The van der Waals surface area contributed by atoms with Crippen LogP contribution in [-0.2, 0) is 0 Å². The Kier molecular flexibility index (Phi) is 6.14. The summed E-state index contributed by atoms with van der Waals surface area (Å²) in [4.78, 5) is 2.91. The van der Waals surface area contributed by atoms with Crippen LogP contribution < -0.4 is 5.32 Å². The van der Waals surface area contributed by atoms with Gasteiger partial charge in [0.25, 0.3) is 0 Å². The summed E-state index contributed by atoms with van der Waals surface area (Å²) in [6.07, 6.45) is 9.91. The number of nitrogens with zero attached hydrogens (tertiary/aromatic N) is 1. The van der Waals surface area contributed by atoms with Gasteiger partial charge in [-0.3, -0.25) is 4.90 Å². The van der Waals surface area contributed by atoms with E-state index in [0.29, 0.717) is 11.5 Å². The molecule has 0 aromatic carbocycles. The van der Waals surface area contributed by atoms with Gasteiger partial charge >= 0.3 is 0 Å². The molecule has 0 bridgehead atoms. The minimum absolute atomic E-state index is 0.363. The van der Waals surface area contributed by atoms with Crippen molar-refractivity contribution in [1.82, 2.24) is 10.2 Å². The largest absolute Gasteiger partial charge is 0.311 e. The number of nitrogens with one attached hydrogen (secondary N) is 1. The molecule has 2 unspecified atom stereocenters. The van der Waals surface area contributed by atoms with E-state index in [2.05, 4.69) is 44.8 Å². The van der Waals surface area contributed by atoms with Gasteiger partial charge in [0, 0.05) is 31.2 Å². The van der Waals surface area contributed by atoms with Crippen LogP contribution in [0.4, 0.5) is 0 Å². The second-order valence-corrected chi connectivity index (χ2v) is 8.46. The lowest BCUT2D eigenvalue weighted by Crippen LogP contribution is -2.64. The van der Waals surface area contributed by atoms with Crippen molar-refractivity contribution in [2.24, 2.45) is 11.3 Å². The summed E-state index contributed by atoms with van der Waals surface area (Å²) in [6.45, 7) is 14.4. The first-order chi connectivity index (χ1) is 9.97. The predicted octanol–water partition coefficient (Wildman–Crippen LogP) is 4.44. The summed E-state index contributed by atoms with van der Waals surface area (Å²) in [5, 5.41) is 3.90. The molecular formula is C19H38N2. The summed E-state index contributed by atoms with van der Waals surface area (Å²) in [5.74, 6) is 0.938. The SMILES string of the molecule is CCC(CC)N1CC(C(C)(C)C)NCC1C1CCCCC1. The lowest BCUT2D eigenvalue weighted by molar-refractivity contribution is 0.0106. The lowest BCUT2D eigenvalue weighted by Gasteiger charge is -2.51. The molecule has 2 aliphatic rings. The van der Waals surface area contributed by atoms with Crippen molar-refractivity contribution < 1.29 is 0 Å². The van der Waals surface area contributed by atoms with Crippen molar-refractivity contribution in [1.29, 1.82) is 0 Å². The average Bonchev–Trinajstić information content (AvgIpc) is 2.48. The van der Waals surface area contributed by atoms with Gasteiger partial charge in [-0.1, -0.05) is 53.9 Å². The van der Waals surface area contributed by atoms with E-state index in [1.807, 2.05) is 0 Å². The average molecular weight is 295 g/mol. The summed E-state index contributed by atoms with van der Waals surface area (Å²) in [5.41, 5.74) is 0.363. The highest BCUT2D eigenvalue weighted by molar-refractivity contribution is 4.96. The molecule has 2 nitrogen and oxygen atoms in total. The molecule has 2 rings (SSSR count). The zero-order chi connectivity index (χ0) is 15.5. The molecule has 124 valence electrons. The van der Waals surface area contributed by atoms with Gasteiger partial charge in [0.15, 0.2) is 0 Å².